The van der Waals surface area contributed by atoms with Gasteiger partial charge in [0.2, 0.25) is 0 Å². The van der Waals surface area contributed by atoms with Crippen LogP contribution in [0.3, 0.4) is 0 Å². The zero-order chi connectivity index (χ0) is 23.7. The number of nitro groups is 2. The van der Waals surface area contributed by atoms with Gasteiger partial charge in [-0.3, -0.25) is 30.4 Å². The zero-order valence-electron chi connectivity index (χ0n) is 17.1. The predicted molar refractivity (Wildman–Crippen MR) is 119 cm³/mol. The Kier molecular flexibility index (Phi) is 5.03. The van der Waals surface area contributed by atoms with Crippen LogP contribution < -0.4 is 0 Å². The third-order valence-corrected chi connectivity index (χ3v) is 4.89. The molecule has 5 rings (SSSR count). The van der Waals surface area contributed by atoms with Crippen LogP contribution in [0.4, 0.5) is 11.4 Å². The summed E-state index contributed by atoms with van der Waals surface area (Å²) in [5.74, 6) is 0.919. The monoisotopic (exact) mass is 455 g/mol. The molecule has 13 heteroatoms. The molecule has 0 saturated heterocycles. The summed E-state index contributed by atoms with van der Waals surface area (Å²) in [5.41, 5.74) is 1.15. The zero-order valence-corrected chi connectivity index (χ0v) is 17.1. The van der Waals surface area contributed by atoms with Crippen LogP contribution in [0, 0.1) is 20.2 Å². The lowest BCUT2D eigenvalue weighted by Crippen LogP contribution is -1.93. The Bertz CT molecular complexity index is 1430. The molecule has 0 saturated carbocycles. The van der Waals surface area contributed by atoms with Gasteiger partial charge < -0.3 is 0 Å². The van der Waals surface area contributed by atoms with Crippen LogP contribution in [0.1, 0.15) is 0 Å². The largest absolute Gasteiger partial charge is 0.280 e. The van der Waals surface area contributed by atoms with E-state index in [1.54, 1.807) is 54.6 Å². The Morgan fingerprint density at radius 1 is 0.588 bits per heavy atom. The third-order valence-electron chi connectivity index (χ3n) is 4.89. The van der Waals surface area contributed by atoms with Gasteiger partial charge in [-0.2, -0.15) is 10.2 Å². The Morgan fingerprint density at radius 3 is 1.47 bits per heavy atom. The van der Waals surface area contributed by atoms with Crippen molar-refractivity contribution in [1.29, 1.82) is 0 Å². The second-order valence-corrected chi connectivity index (χ2v) is 6.97. The first kappa shape index (κ1) is 20.6. The second-order valence-electron chi connectivity index (χ2n) is 6.97. The number of hydrogen-bond acceptors (Lipinski definition) is 9. The average Bonchev–Trinajstić information content (AvgIpc) is 3.55. The topological polar surface area (TPSA) is 182 Å². The van der Waals surface area contributed by atoms with Crippen LogP contribution in [-0.4, -0.2) is 45.2 Å². The molecule has 0 aliphatic heterocycles. The minimum Gasteiger partial charge on any atom is -0.258 e. The number of rotatable bonds is 6. The number of hydrogen-bond donors (Lipinski definition) is 2. The van der Waals surface area contributed by atoms with Crippen LogP contribution >= 0.6 is 0 Å². The quantitative estimate of drug-likeness (QED) is 0.284. The van der Waals surface area contributed by atoms with Crippen LogP contribution in [-0.2, 0) is 0 Å². The molecular weight excluding hydrogens is 442 g/mol. The van der Waals surface area contributed by atoms with Gasteiger partial charge in [-0.05, 0) is 24.3 Å². The summed E-state index contributed by atoms with van der Waals surface area (Å²) in [4.78, 5) is 34.8. The number of benzene rings is 2. The van der Waals surface area contributed by atoms with Gasteiger partial charge in [-0.1, -0.05) is 30.3 Å². The SMILES string of the molecule is O=[N+]([O-])c1ccccc1-c1n[nH]c(-c2cccc(-c3nc(-c4ccccc4[N+](=O)[O-])n[nH]3)n2)n1. The van der Waals surface area contributed by atoms with Gasteiger partial charge in [0.1, 0.15) is 11.4 Å². The van der Waals surface area contributed by atoms with Gasteiger partial charge >= 0.3 is 0 Å². The molecule has 166 valence electrons. The van der Waals surface area contributed by atoms with Crippen molar-refractivity contribution in [2.45, 2.75) is 0 Å². The van der Waals surface area contributed by atoms with Crippen molar-refractivity contribution in [2.24, 2.45) is 0 Å². The molecular formula is C21H13N9O4. The van der Waals surface area contributed by atoms with E-state index in [0.29, 0.717) is 23.0 Å². The average molecular weight is 455 g/mol. The molecule has 34 heavy (non-hydrogen) atoms. The van der Waals surface area contributed by atoms with E-state index in [0.717, 1.165) is 0 Å². The molecule has 5 aromatic rings. The van der Waals surface area contributed by atoms with E-state index >= 15 is 0 Å². The van der Waals surface area contributed by atoms with Crippen molar-refractivity contribution in [3.63, 3.8) is 0 Å². The van der Waals surface area contributed by atoms with E-state index in [1.165, 1.54) is 12.1 Å². The Balaban J connectivity index is 1.48. The van der Waals surface area contributed by atoms with Crippen LogP contribution in [0.2, 0.25) is 0 Å². The van der Waals surface area contributed by atoms with Gasteiger partial charge in [-0.15, -0.1) is 0 Å². The maximum atomic E-state index is 11.3. The number of para-hydroxylation sites is 2. The summed E-state index contributed by atoms with van der Waals surface area (Å²) >= 11 is 0. The molecule has 0 fully saturated rings. The number of H-pyrrole nitrogens is 2. The molecule has 0 amide bonds. The number of nitrogens with one attached hydrogen (secondary N) is 2. The highest BCUT2D eigenvalue weighted by molar-refractivity contribution is 5.70. The van der Waals surface area contributed by atoms with E-state index < -0.39 is 9.85 Å². The van der Waals surface area contributed by atoms with Gasteiger partial charge in [0, 0.05) is 12.1 Å². The maximum absolute atomic E-state index is 11.3. The lowest BCUT2D eigenvalue weighted by Gasteiger charge is -1.99. The smallest absolute Gasteiger partial charge is 0.258 e. The number of nitrogens with zero attached hydrogens (tertiary/aromatic N) is 7. The van der Waals surface area contributed by atoms with Crippen molar-refractivity contribution in [2.75, 3.05) is 0 Å². The van der Waals surface area contributed by atoms with E-state index in [4.69, 9.17) is 0 Å². The van der Waals surface area contributed by atoms with E-state index in [1.807, 2.05) is 0 Å². The summed E-state index contributed by atoms with van der Waals surface area (Å²) in [5, 5.41) is 36.3. The third kappa shape index (κ3) is 3.73. The van der Waals surface area contributed by atoms with E-state index in [2.05, 4.69) is 35.3 Å². The van der Waals surface area contributed by atoms with Crippen molar-refractivity contribution in [3.05, 3.63) is 87.0 Å². The van der Waals surface area contributed by atoms with E-state index in [-0.39, 0.29) is 34.2 Å². The van der Waals surface area contributed by atoms with Crippen molar-refractivity contribution in [1.82, 2.24) is 35.3 Å². The Hall–Kier alpha value is -5.33. The van der Waals surface area contributed by atoms with Crippen LogP contribution in [0.5, 0.6) is 0 Å². The molecule has 3 aromatic heterocycles. The summed E-state index contributed by atoms with van der Waals surface area (Å²) in [7, 11) is 0. The molecule has 0 atom stereocenters. The molecule has 0 spiro atoms. The molecule has 2 N–H and O–H groups in total. The summed E-state index contributed by atoms with van der Waals surface area (Å²) in [6.07, 6.45) is 0. The van der Waals surface area contributed by atoms with Crippen molar-refractivity contribution >= 4 is 11.4 Å². The highest BCUT2D eigenvalue weighted by Crippen LogP contribution is 2.30. The molecule has 0 aliphatic rings. The number of nitro benzene ring substituents is 2. The minimum atomic E-state index is -0.497. The summed E-state index contributed by atoms with van der Waals surface area (Å²) in [6.45, 7) is 0. The molecule has 2 aromatic carbocycles. The fourth-order valence-corrected chi connectivity index (χ4v) is 3.34. The fraction of sp³-hybridized carbons (Fsp3) is 0. The van der Waals surface area contributed by atoms with E-state index in [9.17, 15) is 20.2 Å². The maximum Gasteiger partial charge on any atom is 0.280 e. The Morgan fingerprint density at radius 2 is 1.03 bits per heavy atom. The first-order valence-electron chi connectivity index (χ1n) is 9.81. The van der Waals surface area contributed by atoms with Gasteiger partial charge in [0.25, 0.3) is 11.4 Å². The Labute approximate surface area is 189 Å². The van der Waals surface area contributed by atoms with Gasteiger partial charge in [0.15, 0.2) is 23.3 Å². The van der Waals surface area contributed by atoms with Gasteiger partial charge in [0.05, 0.1) is 21.0 Å². The fourth-order valence-electron chi connectivity index (χ4n) is 3.34. The normalized spacial score (nSPS) is 10.8. The molecule has 0 radical (unpaired) electrons. The second kappa shape index (κ2) is 8.31. The molecule has 3 heterocycles. The summed E-state index contributed by atoms with van der Waals surface area (Å²) < 4.78 is 0. The van der Waals surface area contributed by atoms with Crippen molar-refractivity contribution in [3.8, 4) is 45.8 Å². The molecule has 0 aliphatic carbocycles. The van der Waals surface area contributed by atoms with Crippen molar-refractivity contribution < 1.29 is 9.85 Å². The predicted octanol–water partition coefficient (Wildman–Crippen LogP) is 3.80. The number of aromatic amines is 2. The van der Waals surface area contributed by atoms with Crippen LogP contribution in [0.25, 0.3) is 45.8 Å². The highest BCUT2D eigenvalue weighted by atomic mass is 16.6. The molecule has 0 bridgehead atoms. The van der Waals surface area contributed by atoms with Crippen LogP contribution in [0.15, 0.2) is 66.7 Å². The molecule has 13 nitrogen and oxygen atoms in total. The standard InChI is InChI=1S/C21H13N9O4/c31-29(32)16-10-3-1-6-12(16)18-23-20(27-25-18)14-8-5-9-15(22-14)21-24-19(26-28-21)13-7-2-4-11-17(13)30(33)34/h1-11H,(H,23,25,27)(H,24,26,28). The number of pyridine rings is 1. The first-order chi connectivity index (χ1) is 16.5. The first-order valence-corrected chi connectivity index (χ1v) is 9.81. The lowest BCUT2D eigenvalue weighted by atomic mass is 10.1. The highest BCUT2D eigenvalue weighted by Gasteiger charge is 2.20. The number of aromatic nitrogens is 7. The molecule has 0 unspecified atom stereocenters. The minimum absolute atomic E-state index is 0.112. The van der Waals surface area contributed by atoms with Gasteiger partial charge in [-0.25, -0.2) is 15.0 Å². The summed E-state index contributed by atoms with van der Waals surface area (Å²) in [6, 6.07) is 17.4. The lowest BCUT2D eigenvalue weighted by molar-refractivity contribution is -0.384.